The lowest BCUT2D eigenvalue weighted by atomic mass is 9.82. The first-order chi connectivity index (χ1) is 20.6. The number of hydrogen-bond acceptors (Lipinski definition) is 3. The predicted molar refractivity (Wildman–Crippen MR) is 173 cm³/mol. The molecule has 0 spiro atoms. The van der Waals surface area contributed by atoms with E-state index in [1.54, 1.807) is 0 Å². The number of fused-ring (bicyclic) bond motifs is 10. The van der Waals surface area contributed by atoms with Gasteiger partial charge in [-0.3, -0.25) is 0 Å². The van der Waals surface area contributed by atoms with Crippen molar-refractivity contribution in [2.45, 2.75) is 19.3 Å². The number of aromatic nitrogens is 2. The largest absolute Gasteiger partial charge is 0.437 e. The normalized spacial score (nSPS) is 13.7. The van der Waals surface area contributed by atoms with Crippen molar-refractivity contribution in [1.82, 2.24) is 9.97 Å². The van der Waals surface area contributed by atoms with E-state index in [9.17, 15) is 0 Å². The summed E-state index contributed by atoms with van der Waals surface area (Å²) < 4.78 is 6.82. The molecule has 3 nitrogen and oxygen atoms in total. The fourth-order valence-electron chi connectivity index (χ4n) is 7.08. The van der Waals surface area contributed by atoms with E-state index in [1.165, 1.54) is 33.0 Å². The summed E-state index contributed by atoms with van der Waals surface area (Å²) in [7, 11) is 0. The molecule has 0 aliphatic heterocycles. The van der Waals surface area contributed by atoms with E-state index in [2.05, 4.69) is 129 Å². The maximum Gasteiger partial charge on any atom is 0.231 e. The monoisotopic (exact) mass is 538 g/mol. The van der Waals surface area contributed by atoms with Crippen LogP contribution in [0.5, 0.6) is 0 Å². The van der Waals surface area contributed by atoms with Gasteiger partial charge in [-0.25, -0.2) is 4.98 Å². The molecule has 1 aliphatic carbocycles. The number of benzene rings is 6. The van der Waals surface area contributed by atoms with Gasteiger partial charge in [-0.15, -0.1) is 0 Å². The van der Waals surface area contributed by atoms with Crippen molar-refractivity contribution in [2.75, 3.05) is 0 Å². The lowest BCUT2D eigenvalue weighted by Crippen LogP contribution is -2.14. The van der Waals surface area contributed by atoms with Crippen molar-refractivity contribution < 1.29 is 4.42 Å². The highest BCUT2D eigenvalue weighted by molar-refractivity contribution is 6.17. The Hall–Kier alpha value is -5.28. The van der Waals surface area contributed by atoms with Crippen LogP contribution in [0.2, 0.25) is 0 Å². The Bertz CT molecular complexity index is 2380. The van der Waals surface area contributed by atoms with Gasteiger partial charge in [0.05, 0.1) is 11.1 Å². The second-order valence-electron chi connectivity index (χ2n) is 11.8. The molecular weight excluding hydrogens is 512 g/mol. The Balaban J connectivity index is 1.41. The molecule has 0 radical (unpaired) electrons. The van der Waals surface area contributed by atoms with Crippen LogP contribution in [-0.2, 0) is 5.41 Å². The zero-order valence-corrected chi connectivity index (χ0v) is 23.3. The highest BCUT2D eigenvalue weighted by Crippen LogP contribution is 2.53. The molecule has 0 saturated heterocycles. The Labute approximate surface area is 243 Å². The standard InChI is InChI=1S/C39H26N2O/c1-39(2)31-19-11-10-18-28(31)33-32(39)21-20-29-34-35(23-12-4-3-5-13-23)40-37(41-38(34)42-36(29)33)30-22-24-14-6-7-15-25(24)26-16-8-9-17-27(26)30/h3-22H,1-2H3. The summed E-state index contributed by atoms with van der Waals surface area (Å²) in [5.41, 5.74) is 9.32. The summed E-state index contributed by atoms with van der Waals surface area (Å²) in [6.45, 7) is 4.59. The van der Waals surface area contributed by atoms with Crippen LogP contribution >= 0.6 is 0 Å². The van der Waals surface area contributed by atoms with Crippen LogP contribution in [0.15, 0.2) is 126 Å². The molecule has 0 unspecified atom stereocenters. The summed E-state index contributed by atoms with van der Waals surface area (Å²) >= 11 is 0. The highest BCUT2D eigenvalue weighted by Gasteiger charge is 2.37. The van der Waals surface area contributed by atoms with Crippen molar-refractivity contribution in [2.24, 2.45) is 0 Å². The summed E-state index contributed by atoms with van der Waals surface area (Å²) in [5.74, 6) is 0.666. The summed E-state index contributed by atoms with van der Waals surface area (Å²) in [6.07, 6.45) is 0. The smallest absolute Gasteiger partial charge is 0.231 e. The second-order valence-corrected chi connectivity index (χ2v) is 11.8. The highest BCUT2D eigenvalue weighted by atomic mass is 16.3. The fraction of sp³-hybridized carbons (Fsp3) is 0.0769. The van der Waals surface area contributed by atoms with Gasteiger partial charge in [-0.05, 0) is 50.4 Å². The van der Waals surface area contributed by atoms with Crippen LogP contribution in [0.1, 0.15) is 25.0 Å². The zero-order valence-electron chi connectivity index (χ0n) is 23.3. The Morgan fingerprint density at radius 2 is 1.29 bits per heavy atom. The van der Waals surface area contributed by atoms with Crippen molar-refractivity contribution in [3.05, 3.63) is 132 Å². The van der Waals surface area contributed by atoms with Crippen molar-refractivity contribution in [3.8, 4) is 33.8 Å². The molecule has 2 aromatic heterocycles. The molecule has 1 aliphatic rings. The van der Waals surface area contributed by atoms with Gasteiger partial charge in [-0.2, -0.15) is 4.98 Å². The number of furan rings is 1. The Morgan fingerprint density at radius 1 is 0.571 bits per heavy atom. The lowest BCUT2D eigenvalue weighted by Gasteiger charge is -2.21. The van der Waals surface area contributed by atoms with E-state index in [-0.39, 0.29) is 5.41 Å². The van der Waals surface area contributed by atoms with E-state index in [4.69, 9.17) is 14.4 Å². The zero-order chi connectivity index (χ0) is 28.0. The summed E-state index contributed by atoms with van der Waals surface area (Å²) in [5, 5.41) is 6.71. The van der Waals surface area contributed by atoms with Gasteiger partial charge in [0.1, 0.15) is 5.58 Å². The first kappa shape index (κ1) is 23.4. The molecule has 6 aromatic carbocycles. The van der Waals surface area contributed by atoms with Crippen molar-refractivity contribution in [3.63, 3.8) is 0 Å². The van der Waals surface area contributed by atoms with Crippen LogP contribution < -0.4 is 0 Å². The van der Waals surface area contributed by atoms with Crippen molar-refractivity contribution in [1.29, 1.82) is 0 Å². The molecule has 0 fully saturated rings. The quantitative estimate of drug-likeness (QED) is 0.206. The van der Waals surface area contributed by atoms with E-state index in [0.717, 1.165) is 43.9 Å². The minimum absolute atomic E-state index is 0.109. The Kier molecular flexibility index (Phi) is 4.67. The molecule has 0 atom stereocenters. The van der Waals surface area contributed by atoms with Crippen LogP contribution in [-0.4, -0.2) is 9.97 Å². The number of hydrogen-bond donors (Lipinski definition) is 0. The van der Waals surface area contributed by atoms with E-state index >= 15 is 0 Å². The Morgan fingerprint density at radius 3 is 2.14 bits per heavy atom. The first-order valence-corrected chi connectivity index (χ1v) is 14.4. The molecule has 0 bridgehead atoms. The molecule has 2 heterocycles. The SMILES string of the molecule is CC1(C)c2ccccc2-c2c1ccc1c2oc2nc(-c3cc4ccccc4c4ccccc34)nc(-c3ccccc3)c21. The van der Waals surface area contributed by atoms with Crippen LogP contribution in [0.4, 0.5) is 0 Å². The third-order valence-corrected chi connectivity index (χ3v) is 9.10. The third kappa shape index (κ3) is 3.11. The van der Waals surface area contributed by atoms with Crippen molar-refractivity contribution >= 4 is 43.6 Å². The van der Waals surface area contributed by atoms with Gasteiger partial charge in [0.25, 0.3) is 0 Å². The molecule has 198 valence electrons. The molecule has 42 heavy (non-hydrogen) atoms. The van der Waals surface area contributed by atoms with E-state index < -0.39 is 0 Å². The van der Waals surface area contributed by atoms with E-state index in [1.807, 2.05) is 6.07 Å². The molecule has 0 saturated carbocycles. The molecule has 9 rings (SSSR count). The summed E-state index contributed by atoms with van der Waals surface area (Å²) in [6, 6.07) is 42.8. The molecular formula is C39H26N2O. The maximum absolute atomic E-state index is 6.82. The van der Waals surface area contributed by atoms with Gasteiger partial charge in [0.2, 0.25) is 5.71 Å². The number of nitrogens with zero attached hydrogens (tertiary/aromatic N) is 2. The number of rotatable bonds is 2. The van der Waals surface area contributed by atoms with Gasteiger partial charge >= 0.3 is 0 Å². The first-order valence-electron chi connectivity index (χ1n) is 14.4. The predicted octanol–water partition coefficient (Wildman–Crippen LogP) is 10.3. The van der Waals surface area contributed by atoms with Gasteiger partial charge < -0.3 is 4.42 Å². The van der Waals surface area contributed by atoms with Gasteiger partial charge in [-0.1, -0.05) is 123 Å². The molecule has 8 aromatic rings. The minimum atomic E-state index is -0.109. The lowest BCUT2D eigenvalue weighted by molar-refractivity contribution is 0.646. The average Bonchev–Trinajstić information content (AvgIpc) is 3.53. The topological polar surface area (TPSA) is 38.9 Å². The van der Waals surface area contributed by atoms with Gasteiger partial charge in [0, 0.05) is 27.5 Å². The minimum Gasteiger partial charge on any atom is -0.437 e. The second kappa shape index (κ2) is 8.37. The fourth-order valence-corrected chi connectivity index (χ4v) is 7.08. The average molecular weight is 539 g/mol. The van der Waals surface area contributed by atoms with Gasteiger partial charge in [0.15, 0.2) is 5.82 Å². The van der Waals surface area contributed by atoms with Crippen LogP contribution in [0.3, 0.4) is 0 Å². The summed E-state index contributed by atoms with van der Waals surface area (Å²) in [4.78, 5) is 10.5. The molecule has 0 amide bonds. The maximum atomic E-state index is 6.82. The van der Waals surface area contributed by atoms with Crippen LogP contribution in [0.25, 0.3) is 77.4 Å². The van der Waals surface area contributed by atoms with E-state index in [0.29, 0.717) is 11.5 Å². The molecule has 3 heteroatoms. The molecule has 0 N–H and O–H groups in total. The third-order valence-electron chi connectivity index (χ3n) is 9.10. The van der Waals surface area contributed by atoms with Crippen LogP contribution in [0, 0.1) is 0 Å².